The summed E-state index contributed by atoms with van der Waals surface area (Å²) in [5.74, 6) is 0.601. The van der Waals surface area contributed by atoms with E-state index in [9.17, 15) is 0 Å². The predicted molar refractivity (Wildman–Crippen MR) is 78.5 cm³/mol. The second-order valence-corrected chi connectivity index (χ2v) is 5.02. The zero-order chi connectivity index (χ0) is 14.8. The van der Waals surface area contributed by atoms with Crippen LogP contribution in [0.4, 0.5) is 0 Å². The average molecular weight is 343 g/mol. The Balaban J connectivity index is 1.97. The lowest BCUT2D eigenvalue weighted by Gasteiger charge is -2.07. The third-order valence-electron chi connectivity index (χ3n) is 2.41. The number of imidazole rings is 1. The Kier molecular flexibility index (Phi) is 3.92. The van der Waals surface area contributed by atoms with Gasteiger partial charge in [0.15, 0.2) is 5.75 Å². The van der Waals surface area contributed by atoms with Crippen molar-refractivity contribution in [1.29, 1.82) is 0 Å². The Labute approximate surface area is 134 Å². The minimum absolute atomic E-state index is 0.00265. The molecule has 0 N–H and O–H groups in total. The molecule has 0 bridgehead atoms. The molecule has 6 nitrogen and oxygen atoms in total. The minimum Gasteiger partial charge on any atom is -0.422 e. The van der Waals surface area contributed by atoms with E-state index in [1.165, 1.54) is 6.33 Å². The molecule has 0 fully saturated rings. The van der Waals surface area contributed by atoms with Crippen molar-refractivity contribution in [2.75, 3.05) is 0 Å². The van der Waals surface area contributed by atoms with Gasteiger partial charge in [-0.1, -0.05) is 23.2 Å². The molecule has 0 spiro atoms. The van der Waals surface area contributed by atoms with E-state index < -0.39 is 0 Å². The molecule has 0 aliphatic carbocycles. The van der Waals surface area contributed by atoms with Crippen molar-refractivity contribution in [1.82, 2.24) is 24.5 Å². The first-order valence-electron chi connectivity index (χ1n) is 5.64. The van der Waals surface area contributed by atoms with Gasteiger partial charge in [-0.3, -0.25) is 4.57 Å². The van der Waals surface area contributed by atoms with Crippen molar-refractivity contribution in [2.24, 2.45) is 0 Å². The predicted octanol–water partition coefficient (Wildman–Crippen LogP) is 3.81. The van der Waals surface area contributed by atoms with Crippen molar-refractivity contribution in [2.45, 2.75) is 0 Å². The molecule has 0 atom stereocenters. The highest BCUT2D eigenvalue weighted by molar-refractivity contribution is 6.34. The molecule has 1 aromatic carbocycles. The summed E-state index contributed by atoms with van der Waals surface area (Å²) in [6.45, 7) is 0. The molecule has 0 aliphatic rings. The summed E-state index contributed by atoms with van der Waals surface area (Å²) >= 11 is 17.8. The van der Waals surface area contributed by atoms with Crippen molar-refractivity contribution in [3.05, 3.63) is 52.2 Å². The van der Waals surface area contributed by atoms with Gasteiger partial charge < -0.3 is 4.74 Å². The van der Waals surface area contributed by atoms with Crippen LogP contribution in [0.5, 0.6) is 11.8 Å². The molecule has 0 radical (unpaired) electrons. The van der Waals surface area contributed by atoms with Crippen LogP contribution in [0, 0.1) is 0 Å². The molecule has 2 heterocycles. The lowest BCUT2D eigenvalue weighted by atomic mass is 10.3. The topological polar surface area (TPSA) is 65.7 Å². The van der Waals surface area contributed by atoms with E-state index in [-0.39, 0.29) is 17.2 Å². The number of hydrogen-bond donors (Lipinski definition) is 0. The Morgan fingerprint density at radius 1 is 1.05 bits per heavy atom. The molecule has 0 unspecified atom stereocenters. The molecule has 2 aromatic heterocycles. The quantitative estimate of drug-likeness (QED) is 0.724. The summed E-state index contributed by atoms with van der Waals surface area (Å²) < 4.78 is 7.08. The van der Waals surface area contributed by atoms with Crippen LogP contribution in [0.1, 0.15) is 0 Å². The first-order valence-corrected chi connectivity index (χ1v) is 6.78. The molecular weight excluding hydrogens is 337 g/mol. The molecule has 21 heavy (non-hydrogen) atoms. The standard InChI is InChI=1S/C12H6Cl3N5O/c13-7-1-2-8(14)9(5-7)21-12-18-10(15)17-11(19-12)20-4-3-16-6-20/h1-6H. The van der Waals surface area contributed by atoms with Crippen LogP contribution in [-0.4, -0.2) is 24.5 Å². The third-order valence-corrected chi connectivity index (χ3v) is 3.12. The summed E-state index contributed by atoms with van der Waals surface area (Å²) in [7, 11) is 0. The van der Waals surface area contributed by atoms with Crippen LogP contribution in [0.3, 0.4) is 0 Å². The largest absolute Gasteiger partial charge is 0.422 e. The zero-order valence-electron chi connectivity index (χ0n) is 10.2. The molecule has 3 rings (SSSR count). The van der Waals surface area contributed by atoms with E-state index >= 15 is 0 Å². The summed E-state index contributed by atoms with van der Waals surface area (Å²) in [6.07, 6.45) is 4.79. The molecule has 0 aliphatic heterocycles. The lowest BCUT2D eigenvalue weighted by molar-refractivity contribution is 0.438. The normalized spacial score (nSPS) is 10.6. The molecule has 0 amide bonds. The van der Waals surface area contributed by atoms with E-state index in [1.807, 2.05) is 0 Å². The van der Waals surface area contributed by atoms with Crippen LogP contribution in [0.2, 0.25) is 15.3 Å². The second-order valence-electron chi connectivity index (χ2n) is 3.83. The Bertz CT molecular complexity index is 779. The van der Waals surface area contributed by atoms with Gasteiger partial charge in [0.1, 0.15) is 6.33 Å². The van der Waals surface area contributed by atoms with E-state index in [2.05, 4.69) is 19.9 Å². The molecule has 0 saturated heterocycles. The van der Waals surface area contributed by atoms with Crippen LogP contribution in [0.25, 0.3) is 5.95 Å². The van der Waals surface area contributed by atoms with Crippen LogP contribution in [0.15, 0.2) is 36.9 Å². The fourth-order valence-electron chi connectivity index (χ4n) is 1.51. The fourth-order valence-corrected chi connectivity index (χ4v) is 1.98. The van der Waals surface area contributed by atoms with E-state index in [4.69, 9.17) is 39.5 Å². The first-order chi connectivity index (χ1) is 10.1. The van der Waals surface area contributed by atoms with Gasteiger partial charge in [0.05, 0.1) is 5.02 Å². The van der Waals surface area contributed by atoms with Crippen LogP contribution >= 0.6 is 34.8 Å². The summed E-state index contributed by atoms with van der Waals surface area (Å²) in [5.41, 5.74) is 0. The monoisotopic (exact) mass is 341 g/mol. The Hall–Kier alpha value is -1.89. The number of hydrogen-bond acceptors (Lipinski definition) is 5. The highest BCUT2D eigenvalue weighted by atomic mass is 35.5. The maximum atomic E-state index is 6.02. The van der Waals surface area contributed by atoms with Crippen molar-refractivity contribution >= 4 is 34.8 Å². The molecular formula is C12H6Cl3N5O. The van der Waals surface area contributed by atoms with Gasteiger partial charge in [-0.25, -0.2) is 4.98 Å². The van der Waals surface area contributed by atoms with Gasteiger partial charge in [0.25, 0.3) is 0 Å². The number of aromatic nitrogens is 5. The van der Waals surface area contributed by atoms with Gasteiger partial charge in [-0.2, -0.15) is 15.0 Å². The number of benzene rings is 1. The van der Waals surface area contributed by atoms with Gasteiger partial charge in [0, 0.05) is 23.5 Å². The number of halogens is 3. The second kappa shape index (κ2) is 5.85. The molecule has 0 saturated carbocycles. The van der Waals surface area contributed by atoms with Crippen molar-refractivity contribution < 1.29 is 4.74 Å². The number of ether oxygens (including phenoxy) is 1. The summed E-state index contributed by atoms with van der Waals surface area (Å²) in [5, 5.41) is 0.839. The van der Waals surface area contributed by atoms with E-state index in [0.29, 0.717) is 15.8 Å². The van der Waals surface area contributed by atoms with Crippen molar-refractivity contribution in [3.8, 4) is 17.7 Å². The van der Waals surface area contributed by atoms with Gasteiger partial charge in [-0.15, -0.1) is 0 Å². The van der Waals surface area contributed by atoms with Crippen LogP contribution in [-0.2, 0) is 0 Å². The summed E-state index contributed by atoms with van der Waals surface area (Å²) in [6, 6.07) is 4.81. The van der Waals surface area contributed by atoms with Gasteiger partial charge >= 0.3 is 6.01 Å². The van der Waals surface area contributed by atoms with Crippen LogP contribution < -0.4 is 4.74 Å². The lowest BCUT2D eigenvalue weighted by Crippen LogP contribution is -2.03. The molecule has 9 heteroatoms. The number of nitrogens with zero attached hydrogens (tertiary/aromatic N) is 5. The van der Waals surface area contributed by atoms with E-state index in [0.717, 1.165) is 0 Å². The SMILES string of the molecule is Clc1ccc(Cl)c(Oc2nc(Cl)nc(-n3ccnc3)n2)c1. The Morgan fingerprint density at radius 3 is 2.67 bits per heavy atom. The van der Waals surface area contributed by atoms with E-state index in [1.54, 1.807) is 35.2 Å². The number of rotatable bonds is 3. The molecule has 3 aromatic rings. The highest BCUT2D eigenvalue weighted by Crippen LogP contribution is 2.30. The van der Waals surface area contributed by atoms with Gasteiger partial charge in [-0.05, 0) is 23.7 Å². The molecule has 106 valence electrons. The first kappa shape index (κ1) is 14.1. The Morgan fingerprint density at radius 2 is 1.90 bits per heavy atom. The highest BCUT2D eigenvalue weighted by Gasteiger charge is 2.11. The average Bonchev–Trinajstić information content (AvgIpc) is 2.96. The zero-order valence-corrected chi connectivity index (χ0v) is 12.5. The maximum Gasteiger partial charge on any atom is 0.328 e. The van der Waals surface area contributed by atoms with Crippen molar-refractivity contribution in [3.63, 3.8) is 0 Å². The fraction of sp³-hybridized carbons (Fsp3) is 0. The third kappa shape index (κ3) is 3.24. The van der Waals surface area contributed by atoms with Gasteiger partial charge in [0.2, 0.25) is 11.2 Å². The maximum absolute atomic E-state index is 6.02. The smallest absolute Gasteiger partial charge is 0.328 e. The minimum atomic E-state index is -0.0122. The summed E-state index contributed by atoms with van der Waals surface area (Å²) in [4.78, 5) is 15.9.